The number of ether oxygens (including phenoxy) is 2. The largest absolute Gasteiger partial charge is 0.465 e. The Kier molecular flexibility index (Phi) is 8.23. The van der Waals surface area contributed by atoms with Crippen LogP contribution in [0.4, 0.5) is 0 Å². The first-order valence-electron chi connectivity index (χ1n) is 9.66. The molecule has 7 heteroatoms. The first kappa shape index (κ1) is 22.1. The zero-order valence-electron chi connectivity index (χ0n) is 16.3. The van der Waals surface area contributed by atoms with E-state index in [1.165, 1.54) is 6.92 Å². The van der Waals surface area contributed by atoms with Crippen molar-refractivity contribution in [3.63, 3.8) is 0 Å². The lowest BCUT2D eigenvalue weighted by atomic mass is 10.1. The van der Waals surface area contributed by atoms with Gasteiger partial charge in [-0.05, 0) is 25.3 Å². The van der Waals surface area contributed by atoms with E-state index in [1.807, 2.05) is 0 Å². The lowest BCUT2D eigenvalue weighted by Crippen LogP contribution is -2.35. The molecule has 1 fully saturated rings. The highest BCUT2D eigenvalue weighted by Crippen LogP contribution is 2.33. The van der Waals surface area contributed by atoms with Crippen molar-refractivity contribution >= 4 is 21.8 Å². The maximum absolute atomic E-state index is 13.2. The molecule has 1 saturated heterocycles. The van der Waals surface area contributed by atoms with Crippen molar-refractivity contribution in [2.45, 2.75) is 55.9 Å². The number of cyclic esters (lactones) is 2. The van der Waals surface area contributed by atoms with E-state index in [9.17, 15) is 18.0 Å². The predicted octanol–water partition coefficient (Wildman–Crippen LogP) is 3.53. The maximum Gasteiger partial charge on any atom is 0.335 e. The summed E-state index contributed by atoms with van der Waals surface area (Å²) in [6.07, 6.45) is 5.22. The first-order valence-corrected chi connectivity index (χ1v) is 11.3. The van der Waals surface area contributed by atoms with Crippen LogP contribution in [0.1, 0.15) is 56.3 Å². The molecule has 0 amide bonds. The van der Waals surface area contributed by atoms with Gasteiger partial charge in [-0.25, -0.2) is 13.2 Å². The van der Waals surface area contributed by atoms with Crippen molar-refractivity contribution in [2.24, 2.45) is 0 Å². The summed E-state index contributed by atoms with van der Waals surface area (Å²) in [4.78, 5) is 24.8. The van der Waals surface area contributed by atoms with Gasteiger partial charge >= 0.3 is 11.9 Å². The minimum atomic E-state index is -4.13. The average molecular weight is 409 g/mol. The van der Waals surface area contributed by atoms with Crippen LogP contribution in [-0.4, -0.2) is 38.8 Å². The van der Waals surface area contributed by atoms with Crippen molar-refractivity contribution < 1.29 is 27.5 Å². The fourth-order valence-corrected chi connectivity index (χ4v) is 4.90. The van der Waals surface area contributed by atoms with Gasteiger partial charge in [0, 0.05) is 0 Å². The highest BCUT2D eigenvalue weighted by atomic mass is 32.2. The topological polar surface area (TPSA) is 86.7 Å². The van der Waals surface area contributed by atoms with E-state index < -0.39 is 32.3 Å². The van der Waals surface area contributed by atoms with Crippen LogP contribution in [0.3, 0.4) is 0 Å². The highest BCUT2D eigenvalue weighted by molar-refractivity contribution is 7.93. The third kappa shape index (κ3) is 5.67. The minimum Gasteiger partial charge on any atom is -0.465 e. The minimum absolute atomic E-state index is 0.192. The zero-order chi connectivity index (χ0) is 20.6. The number of carbonyl (C=O) groups is 2. The molecule has 28 heavy (non-hydrogen) atoms. The first-order chi connectivity index (χ1) is 13.4. The monoisotopic (exact) mass is 408 g/mol. The summed E-state index contributed by atoms with van der Waals surface area (Å²) in [5.74, 6) is -1.57. The second-order valence-corrected chi connectivity index (χ2v) is 9.33. The van der Waals surface area contributed by atoms with Gasteiger partial charge in [-0.1, -0.05) is 62.6 Å². The molecule has 1 aliphatic heterocycles. The van der Waals surface area contributed by atoms with Crippen molar-refractivity contribution in [3.05, 3.63) is 48.0 Å². The van der Waals surface area contributed by atoms with E-state index in [1.54, 1.807) is 30.3 Å². The zero-order valence-corrected chi connectivity index (χ0v) is 17.1. The van der Waals surface area contributed by atoms with Gasteiger partial charge in [-0.2, -0.15) is 0 Å². The molecule has 0 saturated carbocycles. The van der Waals surface area contributed by atoms with Crippen LogP contribution in [-0.2, 0) is 28.9 Å². The van der Waals surface area contributed by atoms with Gasteiger partial charge in [-0.15, -0.1) is 0 Å². The van der Waals surface area contributed by atoms with Crippen LogP contribution in [0.25, 0.3) is 0 Å². The molecule has 0 bridgehead atoms. The van der Waals surface area contributed by atoms with Crippen LogP contribution in [0.2, 0.25) is 0 Å². The van der Waals surface area contributed by atoms with E-state index in [-0.39, 0.29) is 18.8 Å². The van der Waals surface area contributed by atoms with Crippen molar-refractivity contribution in [1.29, 1.82) is 0 Å². The number of sulfone groups is 1. The summed E-state index contributed by atoms with van der Waals surface area (Å²) in [7, 11) is -4.13. The van der Waals surface area contributed by atoms with Gasteiger partial charge in [0.25, 0.3) is 0 Å². The molecule has 0 spiro atoms. The van der Waals surface area contributed by atoms with E-state index >= 15 is 0 Å². The fraction of sp³-hybridized carbons (Fsp3) is 0.524. The van der Waals surface area contributed by atoms with Gasteiger partial charge in [-0.3, -0.25) is 4.79 Å². The van der Waals surface area contributed by atoms with Crippen molar-refractivity contribution in [1.82, 2.24) is 0 Å². The van der Waals surface area contributed by atoms with Crippen LogP contribution in [0.15, 0.2) is 42.5 Å². The lowest BCUT2D eigenvalue weighted by Gasteiger charge is -2.23. The number of rotatable bonds is 1. The Hall–Kier alpha value is -2.15. The van der Waals surface area contributed by atoms with Gasteiger partial charge in [0.1, 0.15) is 5.25 Å². The Balaban J connectivity index is 2.36. The Bertz CT molecular complexity index is 784. The number of esters is 2. The molecule has 0 aliphatic carbocycles. The Morgan fingerprint density at radius 2 is 1.43 bits per heavy atom. The van der Waals surface area contributed by atoms with Gasteiger partial charge in [0.2, 0.25) is 0 Å². The molecule has 0 aromatic heterocycles. The Labute approximate surface area is 166 Å². The van der Waals surface area contributed by atoms with E-state index in [2.05, 4.69) is 6.58 Å². The van der Waals surface area contributed by atoms with Crippen molar-refractivity contribution in [2.75, 3.05) is 13.2 Å². The molecule has 1 aromatic carbocycles. The highest BCUT2D eigenvalue weighted by Gasteiger charge is 2.41. The summed E-state index contributed by atoms with van der Waals surface area (Å²) < 4.78 is 36.9. The fourth-order valence-electron chi connectivity index (χ4n) is 3.12. The molecule has 2 rings (SSSR count). The lowest BCUT2D eigenvalue weighted by molar-refractivity contribution is -0.143. The second-order valence-electron chi connectivity index (χ2n) is 6.97. The normalized spacial score (nSPS) is 25.5. The van der Waals surface area contributed by atoms with E-state index in [0.29, 0.717) is 18.4 Å². The van der Waals surface area contributed by atoms with Gasteiger partial charge in [0.05, 0.1) is 18.8 Å². The number of benzene rings is 1. The molecule has 2 atom stereocenters. The smallest absolute Gasteiger partial charge is 0.335 e. The average Bonchev–Trinajstić information content (AvgIpc) is 2.68. The number of hydrogen-bond donors (Lipinski definition) is 0. The molecule has 1 heterocycles. The van der Waals surface area contributed by atoms with Crippen LogP contribution < -0.4 is 0 Å². The molecular weight excluding hydrogens is 380 g/mol. The van der Waals surface area contributed by atoms with Crippen molar-refractivity contribution in [3.8, 4) is 0 Å². The standard InChI is InChI=1S/C21H28O6S/c1-16-19(18-12-8-7-9-13-18)28(24,25)17(2)21(23)27-15-11-6-4-3-5-10-14-26-20(16)22/h7-9,12-13,17,19H,1,3-6,10-11,14-15H2,2H3. The summed E-state index contributed by atoms with van der Waals surface area (Å²) in [6.45, 7) is 5.40. The quantitative estimate of drug-likeness (QED) is 0.522. The molecule has 0 radical (unpaired) electrons. The molecule has 1 aromatic rings. The molecule has 2 unspecified atom stereocenters. The summed E-state index contributed by atoms with van der Waals surface area (Å²) >= 11 is 0. The van der Waals surface area contributed by atoms with Gasteiger partial charge in [0.15, 0.2) is 15.1 Å². The van der Waals surface area contributed by atoms with Gasteiger partial charge < -0.3 is 9.47 Å². The number of hydrogen-bond acceptors (Lipinski definition) is 6. The Morgan fingerprint density at radius 1 is 0.893 bits per heavy atom. The molecule has 154 valence electrons. The third-order valence-corrected chi connectivity index (χ3v) is 7.24. The number of carbonyl (C=O) groups excluding carboxylic acids is 2. The third-order valence-electron chi connectivity index (χ3n) is 4.85. The molecular formula is C21H28O6S. The Morgan fingerprint density at radius 3 is 2.04 bits per heavy atom. The summed E-state index contributed by atoms with van der Waals surface area (Å²) in [5.41, 5.74) is 0.170. The van der Waals surface area contributed by atoms with E-state index in [4.69, 9.17) is 9.47 Å². The summed E-state index contributed by atoms with van der Waals surface area (Å²) in [6, 6.07) is 8.27. The van der Waals surface area contributed by atoms with Crippen LogP contribution in [0, 0.1) is 0 Å². The van der Waals surface area contributed by atoms with E-state index in [0.717, 1.165) is 25.7 Å². The second kappa shape index (κ2) is 10.4. The molecule has 6 nitrogen and oxygen atoms in total. The molecule has 0 N–H and O–H groups in total. The SMILES string of the molecule is C=C1C(=O)OCCCCCCCCOC(=O)C(C)S(=O)(=O)C1c1ccccc1. The summed E-state index contributed by atoms with van der Waals surface area (Å²) in [5, 5.41) is -2.79. The van der Waals surface area contributed by atoms with Crippen LogP contribution >= 0.6 is 0 Å². The molecule has 1 aliphatic rings. The predicted molar refractivity (Wildman–Crippen MR) is 106 cm³/mol. The maximum atomic E-state index is 13.2. The van der Waals surface area contributed by atoms with Crippen LogP contribution in [0.5, 0.6) is 0 Å².